The van der Waals surface area contributed by atoms with Crippen molar-refractivity contribution >= 4 is 34.2 Å². The van der Waals surface area contributed by atoms with Crippen molar-refractivity contribution in [1.29, 1.82) is 0 Å². The first-order chi connectivity index (χ1) is 9.37. The Bertz CT molecular complexity index is 660. The lowest BCUT2D eigenvalue weighted by Crippen LogP contribution is -2.30. The molecule has 20 heavy (non-hydrogen) atoms. The van der Waals surface area contributed by atoms with Crippen LogP contribution >= 0.6 is 34.2 Å². The van der Waals surface area contributed by atoms with E-state index >= 15 is 0 Å². The van der Waals surface area contributed by atoms with Crippen LogP contribution in [0.15, 0.2) is 30.5 Å². The molecule has 1 aromatic carbocycles. The molecule has 1 atom stereocenters. The average molecular weight is 401 g/mol. The maximum absolute atomic E-state index is 6.41. The second-order valence-electron chi connectivity index (χ2n) is 6.34. The van der Waals surface area contributed by atoms with Crippen LogP contribution in [0.3, 0.4) is 0 Å². The Morgan fingerprint density at radius 2 is 2.10 bits per heavy atom. The van der Waals surface area contributed by atoms with Gasteiger partial charge in [-0.3, -0.25) is 0 Å². The van der Waals surface area contributed by atoms with Gasteiger partial charge in [-0.25, -0.2) is 0 Å². The van der Waals surface area contributed by atoms with Crippen molar-refractivity contribution in [2.45, 2.75) is 32.7 Å². The zero-order valence-electron chi connectivity index (χ0n) is 11.7. The number of aromatic nitrogens is 1. The first kappa shape index (κ1) is 14.4. The Kier molecular flexibility index (Phi) is 3.63. The first-order valence-electron chi connectivity index (χ1n) is 6.78. The van der Waals surface area contributed by atoms with Gasteiger partial charge in [0.05, 0.1) is 10.7 Å². The second-order valence-corrected chi connectivity index (χ2v) is 7.99. The summed E-state index contributed by atoms with van der Waals surface area (Å²) < 4.78 is 3.35. The molecule has 1 aromatic heterocycles. The molecule has 2 nitrogen and oxygen atoms in total. The molecular weight excluding hydrogens is 383 g/mol. The zero-order valence-corrected chi connectivity index (χ0v) is 14.6. The molecule has 1 unspecified atom stereocenters. The minimum absolute atomic E-state index is 0.123. The fraction of sp³-hybridized carbons (Fsp3) is 0.375. The van der Waals surface area contributed by atoms with Gasteiger partial charge >= 0.3 is 0 Å². The number of hydrogen-bond donors (Lipinski definition) is 1. The number of rotatable bonds is 1. The van der Waals surface area contributed by atoms with Gasteiger partial charge in [0.1, 0.15) is 0 Å². The quantitative estimate of drug-likeness (QED) is 0.691. The van der Waals surface area contributed by atoms with Crippen LogP contribution in [0.1, 0.15) is 37.6 Å². The van der Waals surface area contributed by atoms with Crippen LogP contribution in [0.4, 0.5) is 0 Å². The van der Waals surface area contributed by atoms with E-state index in [0.29, 0.717) is 0 Å². The molecule has 1 aliphatic rings. The van der Waals surface area contributed by atoms with Crippen LogP contribution in [-0.4, -0.2) is 4.57 Å². The molecule has 2 N–H and O–H groups in total. The van der Waals surface area contributed by atoms with Crippen molar-refractivity contribution in [2.24, 2.45) is 11.1 Å². The number of fused-ring (bicyclic) bond motifs is 1. The summed E-state index contributed by atoms with van der Waals surface area (Å²) in [6, 6.07) is 8.43. The van der Waals surface area contributed by atoms with Gasteiger partial charge in [0, 0.05) is 21.5 Å². The topological polar surface area (TPSA) is 30.9 Å². The van der Waals surface area contributed by atoms with Gasteiger partial charge in [-0.2, -0.15) is 0 Å². The molecule has 4 heteroatoms. The predicted molar refractivity (Wildman–Crippen MR) is 92.5 cm³/mol. The molecule has 1 aliphatic carbocycles. The Morgan fingerprint density at radius 1 is 1.35 bits per heavy atom. The summed E-state index contributed by atoms with van der Waals surface area (Å²) in [5.41, 5.74) is 10.2. The summed E-state index contributed by atoms with van der Waals surface area (Å²) in [6.45, 7) is 4.56. The third kappa shape index (κ3) is 2.51. The third-order valence-corrected chi connectivity index (χ3v) is 4.99. The Labute approximate surface area is 138 Å². The van der Waals surface area contributed by atoms with E-state index in [-0.39, 0.29) is 11.5 Å². The standard InChI is InChI=1S/C16H18ClIN2/c1-16(2)8-13(19)11-5-6-20(15(11)9-16)14-4-3-10(18)7-12(14)17/h3-7,13H,8-9,19H2,1-2H3. The number of nitrogens with zero attached hydrogens (tertiary/aromatic N) is 1. The highest BCUT2D eigenvalue weighted by Gasteiger charge is 2.32. The van der Waals surface area contributed by atoms with E-state index in [1.165, 1.54) is 11.3 Å². The lowest BCUT2D eigenvalue weighted by molar-refractivity contribution is 0.278. The molecule has 0 bridgehead atoms. The van der Waals surface area contributed by atoms with Crippen molar-refractivity contribution in [3.63, 3.8) is 0 Å². The van der Waals surface area contributed by atoms with Gasteiger partial charge in [-0.05, 0) is 70.7 Å². The van der Waals surface area contributed by atoms with Gasteiger partial charge in [-0.1, -0.05) is 25.4 Å². The second kappa shape index (κ2) is 5.04. The Balaban J connectivity index is 2.13. The van der Waals surface area contributed by atoms with Crippen LogP contribution in [0.2, 0.25) is 5.02 Å². The molecule has 0 spiro atoms. The molecule has 0 saturated carbocycles. The van der Waals surface area contributed by atoms with Crippen molar-refractivity contribution in [3.05, 3.63) is 50.3 Å². The highest BCUT2D eigenvalue weighted by molar-refractivity contribution is 14.1. The highest BCUT2D eigenvalue weighted by Crippen LogP contribution is 2.41. The maximum Gasteiger partial charge on any atom is 0.0656 e. The molecule has 1 heterocycles. The Hall–Kier alpha value is -0.520. The molecule has 2 aromatic rings. The van der Waals surface area contributed by atoms with E-state index in [0.717, 1.165) is 27.1 Å². The number of benzene rings is 1. The van der Waals surface area contributed by atoms with Gasteiger partial charge in [-0.15, -0.1) is 0 Å². The molecule has 0 amide bonds. The fourth-order valence-corrected chi connectivity index (χ4v) is 4.08. The molecule has 0 aliphatic heterocycles. The fourth-order valence-electron chi connectivity index (χ4n) is 3.14. The predicted octanol–water partition coefficient (Wildman–Crippen LogP) is 4.71. The molecule has 0 radical (unpaired) electrons. The molecule has 106 valence electrons. The summed E-state index contributed by atoms with van der Waals surface area (Å²) in [7, 11) is 0. The summed E-state index contributed by atoms with van der Waals surface area (Å²) >= 11 is 8.69. The van der Waals surface area contributed by atoms with Crippen LogP contribution < -0.4 is 5.73 Å². The van der Waals surface area contributed by atoms with E-state index in [2.05, 4.69) is 65.4 Å². The molecular formula is C16H18ClIN2. The van der Waals surface area contributed by atoms with Gasteiger partial charge in [0.2, 0.25) is 0 Å². The van der Waals surface area contributed by atoms with E-state index in [9.17, 15) is 0 Å². The lowest BCUT2D eigenvalue weighted by atomic mass is 9.74. The zero-order chi connectivity index (χ0) is 14.5. The minimum Gasteiger partial charge on any atom is -0.324 e. The lowest BCUT2D eigenvalue weighted by Gasteiger charge is -2.34. The number of nitrogens with two attached hydrogens (primary N) is 1. The SMILES string of the molecule is CC1(C)Cc2c(ccn2-c2ccc(I)cc2Cl)C(N)C1. The van der Waals surface area contributed by atoms with Gasteiger partial charge < -0.3 is 10.3 Å². The average Bonchev–Trinajstić information content (AvgIpc) is 2.71. The molecule has 3 rings (SSSR count). The van der Waals surface area contributed by atoms with Crippen molar-refractivity contribution in [3.8, 4) is 5.69 Å². The van der Waals surface area contributed by atoms with Crippen LogP contribution in [0.25, 0.3) is 5.69 Å². The molecule has 0 fully saturated rings. The van der Waals surface area contributed by atoms with Crippen molar-refractivity contribution < 1.29 is 0 Å². The van der Waals surface area contributed by atoms with Crippen LogP contribution in [0.5, 0.6) is 0 Å². The Morgan fingerprint density at radius 3 is 2.80 bits per heavy atom. The first-order valence-corrected chi connectivity index (χ1v) is 8.24. The van der Waals surface area contributed by atoms with Crippen molar-refractivity contribution in [1.82, 2.24) is 4.57 Å². The largest absolute Gasteiger partial charge is 0.324 e. The van der Waals surface area contributed by atoms with Crippen LogP contribution in [0, 0.1) is 8.99 Å². The summed E-state index contributed by atoms with van der Waals surface area (Å²) in [4.78, 5) is 0. The smallest absolute Gasteiger partial charge is 0.0656 e. The minimum atomic E-state index is 0.123. The van der Waals surface area contributed by atoms with Crippen molar-refractivity contribution in [2.75, 3.05) is 0 Å². The van der Waals surface area contributed by atoms with Gasteiger partial charge in [0.25, 0.3) is 0 Å². The maximum atomic E-state index is 6.41. The number of hydrogen-bond acceptors (Lipinski definition) is 1. The summed E-state index contributed by atoms with van der Waals surface area (Å²) in [5.74, 6) is 0. The summed E-state index contributed by atoms with van der Waals surface area (Å²) in [5, 5.41) is 0.784. The molecule has 0 saturated heterocycles. The summed E-state index contributed by atoms with van der Waals surface area (Å²) in [6.07, 6.45) is 4.16. The normalized spacial score (nSPS) is 20.8. The third-order valence-electron chi connectivity index (χ3n) is 4.01. The van der Waals surface area contributed by atoms with E-state index in [1.807, 2.05) is 6.07 Å². The monoisotopic (exact) mass is 400 g/mol. The highest BCUT2D eigenvalue weighted by atomic mass is 127. The number of halogens is 2. The van der Waals surface area contributed by atoms with Gasteiger partial charge in [0.15, 0.2) is 0 Å². The van der Waals surface area contributed by atoms with E-state index < -0.39 is 0 Å². The van der Waals surface area contributed by atoms with E-state index in [4.69, 9.17) is 17.3 Å². The van der Waals surface area contributed by atoms with Crippen LogP contribution in [-0.2, 0) is 6.42 Å². The van der Waals surface area contributed by atoms with E-state index in [1.54, 1.807) is 0 Å².